The number of hydrogen-bond acceptors (Lipinski definition) is 2. The van der Waals surface area contributed by atoms with Gasteiger partial charge in [-0.2, -0.15) is 0 Å². The van der Waals surface area contributed by atoms with E-state index >= 15 is 0 Å². The third kappa shape index (κ3) is 21.9. The largest absolute Gasteiger partial charge is 0.330 e. The van der Waals surface area contributed by atoms with Gasteiger partial charge in [-0.3, -0.25) is 0 Å². The Morgan fingerprint density at radius 3 is 1.17 bits per heavy atom. The first-order chi connectivity index (χ1) is 11.9. The minimum Gasteiger partial charge on any atom is -0.330 e. The zero-order chi connectivity index (χ0) is 17.6. The summed E-state index contributed by atoms with van der Waals surface area (Å²) in [5, 5.41) is 3.53. The van der Waals surface area contributed by atoms with Crippen LogP contribution in [0, 0.1) is 0 Å². The van der Waals surface area contributed by atoms with E-state index in [4.69, 9.17) is 5.73 Å². The summed E-state index contributed by atoms with van der Waals surface area (Å²) in [6, 6.07) is 0. The lowest BCUT2D eigenvalue weighted by Gasteiger charge is -2.04. The fourth-order valence-electron chi connectivity index (χ4n) is 3.30. The van der Waals surface area contributed by atoms with Crippen molar-refractivity contribution in [1.29, 1.82) is 0 Å². The Morgan fingerprint density at radius 1 is 0.458 bits per heavy atom. The molecule has 2 nitrogen and oxygen atoms in total. The van der Waals surface area contributed by atoms with Crippen molar-refractivity contribution in [3.63, 3.8) is 0 Å². The lowest BCUT2D eigenvalue weighted by Crippen LogP contribution is -2.16. The molecule has 0 rings (SSSR count). The van der Waals surface area contributed by atoms with Crippen molar-refractivity contribution in [3.8, 4) is 0 Å². The fraction of sp³-hybridized carbons (Fsp3) is 1.00. The molecule has 0 saturated heterocycles. The van der Waals surface area contributed by atoms with Crippen molar-refractivity contribution >= 4 is 0 Å². The van der Waals surface area contributed by atoms with Crippen LogP contribution in [-0.4, -0.2) is 19.6 Å². The fourth-order valence-corrected chi connectivity index (χ4v) is 3.30. The quantitative estimate of drug-likeness (QED) is 0.232. The molecule has 0 amide bonds. The van der Waals surface area contributed by atoms with Crippen LogP contribution < -0.4 is 11.1 Å². The van der Waals surface area contributed by atoms with E-state index in [2.05, 4.69) is 12.2 Å². The van der Waals surface area contributed by atoms with E-state index in [1.54, 1.807) is 0 Å². The van der Waals surface area contributed by atoms with E-state index in [1.165, 1.54) is 129 Å². The second-order valence-corrected chi connectivity index (χ2v) is 7.55. The van der Waals surface area contributed by atoms with Crippen LogP contribution in [0.2, 0.25) is 0 Å². The lowest BCUT2D eigenvalue weighted by molar-refractivity contribution is 0.523. The van der Waals surface area contributed by atoms with Crippen LogP contribution in [0.25, 0.3) is 0 Å². The molecule has 0 fully saturated rings. The maximum Gasteiger partial charge on any atom is -0.00489 e. The van der Waals surface area contributed by atoms with Crippen molar-refractivity contribution in [2.45, 2.75) is 122 Å². The standard InChI is InChI=1S/C22H48N2/c1-2-3-21-24-22-19-17-15-13-11-9-7-5-4-6-8-10-12-14-16-18-20-23/h24H,2-23H2,1H3. The Balaban J connectivity index is 2.93. The second-order valence-electron chi connectivity index (χ2n) is 7.55. The first kappa shape index (κ1) is 23.9. The molecule has 0 aliphatic rings. The van der Waals surface area contributed by atoms with Crippen molar-refractivity contribution in [3.05, 3.63) is 0 Å². The lowest BCUT2D eigenvalue weighted by atomic mass is 10.0. The van der Waals surface area contributed by atoms with Gasteiger partial charge in [0.2, 0.25) is 0 Å². The molecule has 0 aromatic carbocycles. The van der Waals surface area contributed by atoms with Crippen molar-refractivity contribution in [2.24, 2.45) is 5.73 Å². The average molecular weight is 341 g/mol. The molecule has 24 heavy (non-hydrogen) atoms. The molecular formula is C22H48N2. The first-order valence-corrected chi connectivity index (χ1v) is 11.3. The van der Waals surface area contributed by atoms with Crippen LogP contribution in [0.3, 0.4) is 0 Å². The summed E-state index contributed by atoms with van der Waals surface area (Å²) in [5.74, 6) is 0. The predicted octanol–water partition coefficient (Wildman–Crippen LogP) is 6.58. The number of hydrogen-bond donors (Lipinski definition) is 2. The van der Waals surface area contributed by atoms with Gasteiger partial charge in [-0.15, -0.1) is 0 Å². The van der Waals surface area contributed by atoms with Crippen LogP contribution in [-0.2, 0) is 0 Å². The van der Waals surface area contributed by atoms with Gasteiger partial charge < -0.3 is 11.1 Å². The number of nitrogens with two attached hydrogens (primary N) is 1. The zero-order valence-corrected chi connectivity index (χ0v) is 16.9. The second kappa shape index (κ2) is 22.9. The zero-order valence-electron chi connectivity index (χ0n) is 16.9. The van der Waals surface area contributed by atoms with E-state index in [9.17, 15) is 0 Å². The van der Waals surface area contributed by atoms with Gasteiger partial charge in [-0.25, -0.2) is 0 Å². The number of rotatable bonds is 21. The molecule has 0 aliphatic heterocycles. The Morgan fingerprint density at radius 2 is 0.792 bits per heavy atom. The molecule has 0 spiro atoms. The van der Waals surface area contributed by atoms with Gasteiger partial charge in [0, 0.05) is 0 Å². The molecule has 0 saturated carbocycles. The normalized spacial score (nSPS) is 11.2. The highest BCUT2D eigenvalue weighted by atomic mass is 14.8. The van der Waals surface area contributed by atoms with Gasteiger partial charge in [0.1, 0.15) is 0 Å². The van der Waals surface area contributed by atoms with Gasteiger partial charge in [0.25, 0.3) is 0 Å². The molecule has 3 N–H and O–H groups in total. The van der Waals surface area contributed by atoms with Crippen LogP contribution in [0.1, 0.15) is 122 Å². The number of nitrogens with one attached hydrogen (secondary N) is 1. The summed E-state index contributed by atoms with van der Waals surface area (Å²) in [4.78, 5) is 0. The van der Waals surface area contributed by atoms with Crippen molar-refractivity contribution < 1.29 is 0 Å². The molecule has 0 aromatic heterocycles. The summed E-state index contributed by atoms with van der Waals surface area (Å²) < 4.78 is 0. The molecule has 0 aromatic rings. The Bertz CT molecular complexity index is 184. The van der Waals surface area contributed by atoms with E-state index in [0.717, 1.165) is 6.54 Å². The van der Waals surface area contributed by atoms with Crippen LogP contribution >= 0.6 is 0 Å². The highest BCUT2D eigenvalue weighted by Gasteiger charge is 1.95. The third-order valence-electron chi connectivity index (χ3n) is 5.01. The van der Waals surface area contributed by atoms with Crippen molar-refractivity contribution in [1.82, 2.24) is 5.32 Å². The summed E-state index contributed by atoms with van der Waals surface area (Å²) >= 11 is 0. The Hall–Kier alpha value is -0.0800. The molecular weight excluding hydrogens is 292 g/mol. The molecule has 0 atom stereocenters. The summed E-state index contributed by atoms with van der Waals surface area (Å²) in [6.07, 6.45) is 25.4. The molecule has 0 unspecified atom stereocenters. The maximum atomic E-state index is 5.51. The van der Waals surface area contributed by atoms with Gasteiger partial charge >= 0.3 is 0 Å². The summed E-state index contributed by atoms with van der Waals surface area (Å²) in [5.41, 5.74) is 5.51. The number of unbranched alkanes of at least 4 members (excludes halogenated alkanes) is 16. The first-order valence-electron chi connectivity index (χ1n) is 11.3. The van der Waals surface area contributed by atoms with Crippen molar-refractivity contribution in [2.75, 3.05) is 19.6 Å². The minimum absolute atomic E-state index is 0.871. The smallest absolute Gasteiger partial charge is 0.00489 e. The van der Waals surface area contributed by atoms with E-state index < -0.39 is 0 Å². The van der Waals surface area contributed by atoms with E-state index in [-0.39, 0.29) is 0 Å². The summed E-state index contributed by atoms with van der Waals surface area (Å²) in [7, 11) is 0. The summed E-state index contributed by atoms with van der Waals surface area (Å²) in [6.45, 7) is 5.57. The van der Waals surface area contributed by atoms with Gasteiger partial charge in [-0.1, -0.05) is 103 Å². The van der Waals surface area contributed by atoms with Gasteiger partial charge in [-0.05, 0) is 38.9 Å². The van der Waals surface area contributed by atoms with E-state index in [1.807, 2.05) is 0 Å². The minimum atomic E-state index is 0.871. The highest BCUT2D eigenvalue weighted by Crippen LogP contribution is 2.13. The molecule has 146 valence electrons. The third-order valence-corrected chi connectivity index (χ3v) is 5.01. The molecule has 2 heteroatoms. The van der Waals surface area contributed by atoms with Crippen LogP contribution in [0.5, 0.6) is 0 Å². The van der Waals surface area contributed by atoms with E-state index in [0.29, 0.717) is 0 Å². The maximum absolute atomic E-state index is 5.51. The SMILES string of the molecule is CCCCNCCCCCCCCCCCCCCCCCCN. The topological polar surface area (TPSA) is 38.0 Å². The Labute approximate surface area is 153 Å². The monoisotopic (exact) mass is 340 g/mol. The molecule has 0 aliphatic carbocycles. The average Bonchev–Trinajstić information content (AvgIpc) is 2.60. The molecule has 0 radical (unpaired) electrons. The molecule has 0 heterocycles. The van der Waals surface area contributed by atoms with Gasteiger partial charge in [0.05, 0.1) is 0 Å². The van der Waals surface area contributed by atoms with Gasteiger partial charge in [0.15, 0.2) is 0 Å². The van der Waals surface area contributed by atoms with Crippen LogP contribution in [0.4, 0.5) is 0 Å². The van der Waals surface area contributed by atoms with Crippen LogP contribution in [0.15, 0.2) is 0 Å². The predicted molar refractivity (Wildman–Crippen MR) is 111 cm³/mol. The highest BCUT2D eigenvalue weighted by molar-refractivity contribution is 4.52. The molecule has 0 bridgehead atoms. The Kier molecular flexibility index (Phi) is 22.8.